The van der Waals surface area contributed by atoms with Crippen LogP contribution < -0.4 is 0 Å². The van der Waals surface area contributed by atoms with Gasteiger partial charge in [-0.3, -0.25) is 4.90 Å². The first-order chi connectivity index (χ1) is 4.72. The maximum Gasteiger partial charge on any atom is 0.0387 e. The Labute approximate surface area is 64.4 Å². The summed E-state index contributed by atoms with van der Waals surface area (Å²) in [6.07, 6.45) is 4.16. The molecule has 1 saturated heterocycles. The zero-order chi connectivity index (χ0) is 7.56. The third-order valence-corrected chi connectivity index (χ3v) is 2.70. The molecular formula is C9H18N. The zero-order valence-electron chi connectivity index (χ0n) is 7.35. The molecule has 1 radical (unpaired) electrons. The van der Waals surface area contributed by atoms with Gasteiger partial charge in [-0.1, -0.05) is 13.3 Å². The van der Waals surface area contributed by atoms with Gasteiger partial charge in [0.25, 0.3) is 0 Å². The summed E-state index contributed by atoms with van der Waals surface area (Å²) in [5.41, 5.74) is 0. The summed E-state index contributed by atoms with van der Waals surface area (Å²) in [5.74, 6) is 0.812. The van der Waals surface area contributed by atoms with Crippen LogP contribution in [-0.4, -0.2) is 18.5 Å². The topological polar surface area (TPSA) is 3.24 Å². The molecule has 1 aliphatic rings. The number of likely N-dealkylation sites (tertiary alicyclic amines) is 1. The van der Waals surface area contributed by atoms with Crippen LogP contribution in [0.15, 0.2) is 0 Å². The van der Waals surface area contributed by atoms with E-state index in [0.29, 0.717) is 0 Å². The van der Waals surface area contributed by atoms with Crippen LogP contribution in [0.1, 0.15) is 33.1 Å². The second kappa shape index (κ2) is 3.38. The van der Waals surface area contributed by atoms with Crippen LogP contribution in [-0.2, 0) is 0 Å². The first kappa shape index (κ1) is 8.06. The Morgan fingerprint density at radius 1 is 1.40 bits per heavy atom. The lowest BCUT2D eigenvalue weighted by Crippen LogP contribution is -2.25. The molecule has 59 valence electrons. The molecule has 0 aliphatic carbocycles. The number of hydrogen-bond acceptors (Lipinski definition) is 1. The van der Waals surface area contributed by atoms with Crippen molar-refractivity contribution in [2.24, 2.45) is 5.92 Å². The average molecular weight is 140 g/mol. The highest BCUT2D eigenvalue weighted by atomic mass is 15.1. The van der Waals surface area contributed by atoms with Crippen molar-refractivity contribution < 1.29 is 0 Å². The fourth-order valence-corrected chi connectivity index (χ4v) is 1.56. The Bertz CT molecular complexity index is 88.9. The summed E-state index contributed by atoms with van der Waals surface area (Å²) in [6, 6.07) is 1.57. The molecule has 0 amide bonds. The smallest absolute Gasteiger partial charge is 0.0387 e. The second-order valence-corrected chi connectivity index (χ2v) is 3.46. The van der Waals surface area contributed by atoms with Crippen LogP contribution in [0, 0.1) is 12.0 Å². The summed E-state index contributed by atoms with van der Waals surface area (Å²) in [7, 11) is 2.21. The molecule has 1 heterocycles. The Morgan fingerprint density at radius 2 is 2.10 bits per heavy atom. The molecule has 0 saturated carbocycles. The van der Waals surface area contributed by atoms with Gasteiger partial charge in [-0.05, 0) is 39.3 Å². The van der Waals surface area contributed by atoms with E-state index in [1.807, 2.05) is 0 Å². The molecule has 1 aliphatic heterocycles. The normalized spacial score (nSPS) is 32.1. The van der Waals surface area contributed by atoms with Crippen molar-refractivity contribution >= 4 is 0 Å². The Morgan fingerprint density at radius 3 is 2.80 bits per heavy atom. The zero-order valence-corrected chi connectivity index (χ0v) is 7.35. The second-order valence-electron chi connectivity index (χ2n) is 3.46. The SMILES string of the molecule is C[C]1C(C)CCCCN1C. The van der Waals surface area contributed by atoms with Gasteiger partial charge in [0, 0.05) is 6.04 Å². The molecule has 1 unspecified atom stereocenters. The van der Waals surface area contributed by atoms with Gasteiger partial charge < -0.3 is 0 Å². The van der Waals surface area contributed by atoms with Gasteiger partial charge in [-0.15, -0.1) is 0 Å². The molecule has 1 nitrogen and oxygen atoms in total. The van der Waals surface area contributed by atoms with Gasteiger partial charge >= 0.3 is 0 Å². The average Bonchev–Trinajstić information content (AvgIpc) is 2.04. The van der Waals surface area contributed by atoms with Crippen LogP contribution in [0.4, 0.5) is 0 Å². The molecule has 0 aromatic rings. The molecule has 0 bridgehead atoms. The van der Waals surface area contributed by atoms with Crippen LogP contribution in [0.3, 0.4) is 0 Å². The lowest BCUT2D eigenvalue weighted by atomic mass is 9.99. The van der Waals surface area contributed by atoms with Gasteiger partial charge in [-0.25, -0.2) is 0 Å². The lowest BCUT2D eigenvalue weighted by molar-refractivity contribution is 0.316. The van der Waals surface area contributed by atoms with E-state index in [4.69, 9.17) is 0 Å². The van der Waals surface area contributed by atoms with E-state index >= 15 is 0 Å². The molecule has 0 aromatic heterocycles. The highest BCUT2D eigenvalue weighted by Gasteiger charge is 2.19. The minimum absolute atomic E-state index is 0.812. The summed E-state index contributed by atoms with van der Waals surface area (Å²) in [4.78, 5) is 2.40. The number of nitrogens with zero attached hydrogens (tertiary/aromatic N) is 1. The van der Waals surface area contributed by atoms with Gasteiger partial charge in [0.1, 0.15) is 0 Å². The van der Waals surface area contributed by atoms with E-state index < -0.39 is 0 Å². The Balaban J connectivity index is 2.46. The van der Waals surface area contributed by atoms with E-state index in [2.05, 4.69) is 25.8 Å². The van der Waals surface area contributed by atoms with Gasteiger partial charge in [0.15, 0.2) is 0 Å². The van der Waals surface area contributed by atoms with E-state index in [-0.39, 0.29) is 0 Å². The molecule has 1 fully saturated rings. The third kappa shape index (κ3) is 1.72. The lowest BCUT2D eigenvalue weighted by Gasteiger charge is -2.25. The monoisotopic (exact) mass is 140 g/mol. The van der Waals surface area contributed by atoms with Crippen molar-refractivity contribution in [1.29, 1.82) is 0 Å². The highest BCUT2D eigenvalue weighted by molar-refractivity contribution is 4.89. The molecule has 0 aromatic carbocycles. The summed E-state index contributed by atoms with van der Waals surface area (Å²) in [5, 5.41) is 0. The van der Waals surface area contributed by atoms with Crippen molar-refractivity contribution in [3.63, 3.8) is 0 Å². The fourth-order valence-electron chi connectivity index (χ4n) is 1.56. The van der Waals surface area contributed by atoms with Crippen molar-refractivity contribution in [3.8, 4) is 0 Å². The first-order valence-electron chi connectivity index (χ1n) is 4.26. The predicted molar refractivity (Wildman–Crippen MR) is 44.6 cm³/mol. The van der Waals surface area contributed by atoms with Crippen molar-refractivity contribution in [2.75, 3.05) is 13.6 Å². The molecule has 1 atom stereocenters. The Kier molecular flexibility index (Phi) is 2.72. The van der Waals surface area contributed by atoms with Crippen LogP contribution in [0.2, 0.25) is 0 Å². The number of hydrogen-bond donors (Lipinski definition) is 0. The maximum absolute atomic E-state index is 2.40. The quantitative estimate of drug-likeness (QED) is 0.499. The predicted octanol–water partition coefficient (Wildman–Crippen LogP) is 2.29. The Hall–Kier alpha value is -0.0400. The fraction of sp³-hybridized carbons (Fsp3) is 0.889. The standard InChI is InChI=1S/C9H18N/c1-8-6-4-5-7-10(3)9(8)2/h8H,4-7H2,1-3H3. The minimum atomic E-state index is 0.812. The van der Waals surface area contributed by atoms with Gasteiger partial charge in [-0.2, -0.15) is 0 Å². The number of rotatable bonds is 0. The molecule has 0 N–H and O–H groups in total. The van der Waals surface area contributed by atoms with Crippen molar-refractivity contribution in [3.05, 3.63) is 6.04 Å². The van der Waals surface area contributed by atoms with Crippen LogP contribution in [0.25, 0.3) is 0 Å². The first-order valence-corrected chi connectivity index (χ1v) is 4.26. The summed E-state index contributed by atoms with van der Waals surface area (Å²) in [6.45, 7) is 5.85. The van der Waals surface area contributed by atoms with Crippen LogP contribution >= 0.6 is 0 Å². The van der Waals surface area contributed by atoms with Gasteiger partial charge in [0.2, 0.25) is 0 Å². The molecule has 1 rings (SSSR count). The van der Waals surface area contributed by atoms with Crippen molar-refractivity contribution in [2.45, 2.75) is 33.1 Å². The molecule has 1 heteroatoms. The minimum Gasteiger partial charge on any atom is -0.299 e. The largest absolute Gasteiger partial charge is 0.299 e. The van der Waals surface area contributed by atoms with Crippen LogP contribution in [0.5, 0.6) is 0 Å². The maximum atomic E-state index is 2.40. The van der Waals surface area contributed by atoms with Gasteiger partial charge in [0.05, 0.1) is 0 Å². The van der Waals surface area contributed by atoms with E-state index in [9.17, 15) is 0 Å². The third-order valence-electron chi connectivity index (χ3n) is 2.70. The summed E-state index contributed by atoms with van der Waals surface area (Å²) >= 11 is 0. The molecule has 0 spiro atoms. The van der Waals surface area contributed by atoms with E-state index in [1.54, 1.807) is 6.04 Å². The molecule has 10 heavy (non-hydrogen) atoms. The van der Waals surface area contributed by atoms with E-state index in [1.165, 1.54) is 25.8 Å². The van der Waals surface area contributed by atoms with E-state index in [0.717, 1.165) is 5.92 Å². The summed E-state index contributed by atoms with van der Waals surface area (Å²) < 4.78 is 0. The molecular weight excluding hydrogens is 122 g/mol. The van der Waals surface area contributed by atoms with Crippen molar-refractivity contribution in [1.82, 2.24) is 4.90 Å². The highest BCUT2D eigenvalue weighted by Crippen LogP contribution is 2.25.